The van der Waals surface area contributed by atoms with Crippen LogP contribution in [0.2, 0.25) is 0 Å². The monoisotopic (exact) mass is 149 g/mol. The molecule has 5 nitrogen and oxygen atoms in total. The van der Waals surface area contributed by atoms with E-state index in [9.17, 15) is 0 Å². The number of anilines is 2. The number of hydrogen-bond acceptors (Lipinski definition) is 4. The zero-order valence-electron chi connectivity index (χ0n) is 5.73. The molecule has 0 atom stereocenters. The Bertz CT molecular complexity index is 391. The molecule has 0 aliphatic rings. The maximum atomic E-state index is 5.52. The van der Waals surface area contributed by atoms with Crippen LogP contribution in [-0.4, -0.2) is 14.6 Å². The van der Waals surface area contributed by atoms with E-state index in [2.05, 4.69) is 10.1 Å². The summed E-state index contributed by atoms with van der Waals surface area (Å²) in [5, 5.41) is 3.95. The van der Waals surface area contributed by atoms with E-state index in [1.807, 2.05) is 0 Å². The number of fused-ring (bicyclic) bond motifs is 1. The Balaban J connectivity index is 2.87. The highest BCUT2D eigenvalue weighted by Gasteiger charge is 1.99. The zero-order chi connectivity index (χ0) is 7.84. The third-order valence-electron chi connectivity index (χ3n) is 1.45. The highest BCUT2D eigenvalue weighted by Crippen LogP contribution is 2.11. The van der Waals surface area contributed by atoms with Crippen molar-refractivity contribution in [2.45, 2.75) is 0 Å². The highest BCUT2D eigenvalue weighted by atomic mass is 15.2. The number of rotatable bonds is 0. The van der Waals surface area contributed by atoms with Crippen molar-refractivity contribution in [2.24, 2.45) is 0 Å². The third kappa shape index (κ3) is 0.778. The zero-order valence-corrected chi connectivity index (χ0v) is 5.73. The Morgan fingerprint density at radius 1 is 1.36 bits per heavy atom. The van der Waals surface area contributed by atoms with Crippen molar-refractivity contribution in [1.82, 2.24) is 14.6 Å². The Morgan fingerprint density at radius 3 is 3.00 bits per heavy atom. The van der Waals surface area contributed by atoms with Gasteiger partial charge in [-0.3, -0.25) is 0 Å². The summed E-state index contributed by atoms with van der Waals surface area (Å²) in [5.74, 6) is 0.449. The lowest BCUT2D eigenvalue weighted by Crippen LogP contribution is -1.93. The van der Waals surface area contributed by atoms with Crippen LogP contribution < -0.4 is 11.5 Å². The molecule has 2 aromatic rings. The number of nitrogens with two attached hydrogens (primary N) is 2. The van der Waals surface area contributed by atoms with E-state index in [-0.39, 0.29) is 0 Å². The second-order valence-corrected chi connectivity index (χ2v) is 2.25. The SMILES string of the molecule is Nc1cnn2cnc(N)c2c1. The maximum Gasteiger partial charge on any atom is 0.151 e. The molecule has 2 aromatic heterocycles. The Hall–Kier alpha value is -1.78. The van der Waals surface area contributed by atoms with Gasteiger partial charge in [0.1, 0.15) is 11.8 Å². The van der Waals surface area contributed by atoms with Crippen molar-refractivity contribution in [2.75, 3.05) is 11.5 Å². The minimum atomic E-state index is 0.449. The van der Waals surface area contributed by atoms with Crippen LogP contribution in [0.15, 0.2) is 18.6 Å². The summed E-state index contributed by atoms with van der Waals surface area (Å²) in [6.07, 6.45) is 3.10. The van der Waals surface area contributed by atoms with Crippen LogP contribution in [0.25, 0.3) is 5.52 Å². The summed E-state index contributed by atoms with van der Waals surface area (Å²) in [7, 11) is 0. The Labute approximate surface area is 62.6 Å². The second-order valence-electron chi connectivity index (χ2n) is 2.25. The largest absolute Gasteiger partial charge is 0.397 e. The summed E-state index contributed by atoms with van der Waals surface area (Å²) >= 11 is 0. The first-order valence-electron chi connectivity index (χ1n) is 3.12. The number of imidazole rings is 1. The van der Waals surface area contributed by atoms with Crippen molar-refractivity contribution in [3.05, 3.63) is 18.6 Å². The molecule has 2 rings (SSSR count). The molecule has 0 radical (unpaired) electrons. The van der Waals surface area contributed by atoms with Crippen LogP contribution in [-0.2, 0) is 0 Å². The van der Waals surface area contributed by atoms with Gasteiger partial charge in [0.05, 0.1) is 11.9 Å². The van der Waals surface area contributed by atoms with Gasteiger partial charge in [0, 0.05) is 0 Å². The third-order valence-corrected chi connectivity index (χ3v) is 1.45. The standard InChI is InChI=1S/C6H7N5/c7-4-1-5-6(8)9-3-11(5)10-2-4/h1-3H,7-8H2. The summed E-state index contributed by atoms with van der Waals surface area (Å²) in [4.78, 5) is 3.86. The Morgan fingerprint density at radius 2 is 2.18 bits per heavy atom. The smallest absolute Gasteiger partial charge is 0.151 e. The average Bonchev–Trinajstić information content (AvgIpc) is 2.33. The summed E-state index contributed by atoms with van der Waals surface area (Å²) < 4.78 is 1.58. The van der Waals surface area contributed by atoms with Crippen LogP contribution >= 0.6 is 0 Å². The van der Waals surface area contributed by atoms with Gasteiger partial charge in [-0.2, -0.15) is 5.10 Å². The van der Waals surface area contributed by atoms with Crippen molar-refractivity contribution < 1.29 is 0 Å². The van der Waals surface area contributed by atoms with Gasteiger partial charge in [-0.15, -0.1) is 0 Å². The predicted octanol–water partition coefficient (Wildman–Crippen LogP) is -0.106. The Kier molecular flexibility index (Phi) is 1.00. The van der Waals surface area contributed by atoms with Gasteiger partial charge >= 0.3 is 0 Å². The molecule has 0 spiro atoms. The molecule has 4 N–H and O–H groups in total. The number of nitrogens with zero attached hydrogens (tertiary/aromatic N) is 3. The van der Waals surface area contributed by atoms with E-state index in [4.69, 9.17) is 11.5 Å². The molecule has 0 saturated heterocycles. The molecule has 0 amide bonds. The van der Waals surface area contributed by atoms with Crippen LogP contribution in [0.3, 0.4) is 0 Å². The average molecular weight is 149 g/mol. The van der Waals surface area contributed by atoms with E-state index >= 15 is 0 Å². The number of aromatic nitrogens is 3. The number of nitrogen functional groups attached to an aromatic ring is 2. The summed E-state index contributed by atoms with van der Waals surface area (Å²) in [5.41, 5.74) is 12.3. The fourth-order valence-corrected chi connectivity index (χ4v) is 0.919. The molecule has 2 heterocycles. The van der Waals surface area contributed by atoms with Crippen LogP contribution in [0.1, 0.15) is 0 Å². The summed E-state index contributed by atoms with van der Waals surface area (Å²) in [6, 6.07) is 1.73. The molecule has 0 saturated carbocycles. The first kappa shape index (κ1) is 5.96. The lowest BCUT2D eigenvalue weighted by molar-refractivity contribution is 0.928. The van der Waals surface area contributed by atoms with Gasteiger partial charge in [-0.05, 0) is 6.07 Å². The maximum absolute atomic E-state index is 5.52. The van der Waals surface area contributed by atoms with Crippen molar-refractivity contribution in [3.8, 4) is 0 Å². The van der Waals surface area contributed by atoms with E-state index in [1.54, 1.807) is 23.1 Å². The molecule has 0 fully saturated rings. The second kappa shape index (κ2) is 1.85. The fourth-order valence-electron chi connectivity index (χ4n) is 0.919. The molecule has 0 aliphatic heterocycles. The lowest BCUT2D eigenvalue weighted by Gasteiger charge is -1.93. The molecule has 0 bridgehead atoms. The lowest BCUT2D eigenvalue weighted by atomic mass is 10.4. The van der Waals surface area contributed by atoms with Gasteiger partial charge in [0.25, 0.3) is 0 Å². The minimum absolute atomic E-state index is 0.449. The first-order valence-corrected chi connectivity index (χ1v) is 3.12. The molecule has 0 unspecified atom stereocenters. The molecule has 56 valence electrons. The first-order chi connectivity index (χ1) is 5.27. The van der Waals surface area contributed by atoms with Gasteiger partial charge < -0.3 is 11.5 Å². The molecule has 0 aromatic carbocycles. The van der Waals surface area contributed by atoms with Crippen molar-refractivity contribution in [1.29, 1.82) is 0 Å². The molecule has 5 heteroatoms. The summed E-state index contributed by atoms with van der Waals surface area (Å²) in [6.45, 7) is 0. The topological polar surface area (TPSA) is 82.2 Å². The van der Waals surface area contributed by atoms with Crippen molar-refractivity contribution in [3.63, 3.8) is 0 Å². The molecular formula is C6H7N5. The van der Waals surface area contributed by atoms with Gasteiger partial charge in [-0.1, -0.05) is 0 Å². The van der Waals surface area contributed by atoms with Gasteiger partial charge in [-0.25, -0.2) is 9.50 Å². The van der Waals surface area contributed by atoms with Gasteiger partial charge in [0.15, 0.2) is 5.82 Å². The van der Waals surface area contributed by atoms with Crippen molar-refractivity contribution >= 4 is 17.0 Å². The fraction of sp³-hybridized carbons (Fsp3) is 0. The van der Waals surface area contributed by atoms with E-state index < -0.39 is 0 Å². The predicted molar refractivity (Wildman–Crippen MR) is 41.8 cm³/mol. The van der Waals surface area contributed by atoms with Crippen LogP contribution in [0.5, 0.6) is 0 Å². The van der Waals surface area contributed by atoms with E-state index in [0.29, 0.717) is 11.5 Å². The molecule has 0 aliphatic carbocycles. The van der Waals surface area contributed by atoms with Gasteiger partial charge in [0.2, 0.25) is 0 Å². The quantitative estimate of drug-likeness (QED) is 0.547. The van der Waals surface area contributed by atoms with Crippen LogP contribution in [0.4, 0.5) is 11.5 Å². The van der Waals surface area contributed by atoms with Crippen LogP contribution in [0, 0.1) is 0 Å². The van der Waals surface area contributed by atoms with E-state index in [0.717, 1.165) is 5.52 Å². The highest BCUT2D eigenvalue weighted by molar-refractivity contribution is 5.68. The minimum Gasteiger partial charge on any atom is -0.397 e. The number of hydrogen-bond donors (Lipinski definition) is 2. The van der Waals surface area contributed by atoms with E-state index in [1.165, 1.54) is 0 Å². The normalized spacial score (nSPS) is 10.5. The molecule has 11 heavy (non-hydrogen) atoms. The molecular weight excluding hydrogens is 142 g/mol.